The Morgan fingerprint density at radius 3 is 2.31 bits per heavy atom. The van der Waals surface area contributed by atoms with Gasteiger partial charge in [0.25, 0.3) is 0 Å². The number of carbonyl (C=O) groups excluding carboxylic acids is 1. The van der Waals surface area contributed by atoms with Gasteiger partial charge in [0, 0.05) is 24.1 Å². The van der Waals surface area contributed by atoms with Gasteiger partial charge >= 0.3 is 0 Å². The van der Waals surface area contributed by atoms with Crippen molar-refractivity contribution in [2.24, 2.45) is 0 Å². The van der Waals surface area contributed by atoms with Crippen molar-refractivity contribution in [3.63, 3.8) is 0 Å². The van der Waals surface area contributed by atoms with E-state index in [1.54, 1.807) is 14.2 Å². The first-order valence-corrected chi connectivity index (χ1v) is 10.8. The summed E-state index contributed by atoms with van der Waals surface area (Å²) in [6.45, 7) is 6.72. The van der Waals surface area contributed by atoms with Gasteiger partial charge in [0.05, 0.1) is 26.8 Å². The predicted octanol–water partition coefficient (Wildman–Crippen LogP) is 4.28. The molecule has 156 valence electrons. The standard InChI is InChI=1S/C23H29BrN2O3/c1-5-25(6-2)22(27)15-26-12-11-17-13-20(28-3)21(29-4)14-19(17)23(26)16-7-9-18(24)10-8-16/h7-10,13-14,23H,5-6,11-12,15H2,1-4H3. The number of hydrogen-bond acceptors (Lipinski definition) is 4. The molecule has 2 aromatic carbocycles. The number of halogens is 1. The Hall–Kier alpha value is -2.05. The normalized spacial score (nSPS) is 16.2. The lowest BCUT2D eigenvalue weighted by molar-refractivity contribution is -0.132. The van der Waals surface area contributed by atoms with Crippen LogP contribution in [0.2, 0.25) is 0 Å². The topological polar surface area (TPSA) is 42.0 Å². The van der Waals surface area contributed by atoms with Crippen molar-refractivity contribution in [3.05, 3.63) is 57.6 Å². The number of methoxy groups -OCH3 is 2. The minimum absolute atomic E-state index is 0.00818. The van der Waals surface area contributed by atoms with E-state index in [1.807, 2.05) is 18.7 Å². The molecule has 0 saturated carbocycles. The summed E-state index contributed by atoms with van der Waals surface area (Å²) in [5.74, 6) is 1.62. The first kappa shape index (κ1) is 21.7. The Labute approximate surface area is 181 Å². The maximum atomic E-state index is 12.9. The lowest BCUT2D eigenvalue weighted by Gasteiger charge is -2.38. The number of benzene rings is 2. The van der Waals surface area contributed by atoms with E-state index in [2.05, 4.69) is 57.2 Å². The van der Waals surface area contributed by atoms with Crippen LogP contribution in [0.15, 0.2) is 40.9 Å². The second kappa shape index (κ2) is 9.63. The molecule has 0 bridgehead atoms. The van der Waals surface area contributed by atoms with Gasteiger partial charge in [-0.05, 0) is 61.2 Å². The molecule has 0 saturated heterocycles. The number of carbonyl (C=O) groups is 1. The smallest absolute Gasteiger partial charge is 0.236 e. The number of fused-ring (bicyclic) bond motifs is 1. The summed E-state index contributed by atoms with van der Waals surface area (Å²) in [6, 6.07) is 12.5. The average molecular weight is 461 g/mol. The largest absolute Gasteiger partial charge is 0.493 e. The van der Waals surface area contributed by atoms with Crippen LogP contribution in [0.1, 0.15) is 36.6 Å². The van der Waals surface area contributed by atoms with E-state index in [0.717, 1.165) is 41.8 Å². The third kappa shape index (κ3) is 4.59. The van der Waals surface area contributed by atoms with Crippen LogP contribution in [0.4, 0.5) is 0 Å². The van der Waals surface area contributed by atoms with Crippen LogP contribution in [0.25, 0.3) is 0 Å². The number of hydrogen-bond donors (Lipinski definition) is 0. The fourth-order valence-corrected chi connectivity index (χ4v) is 4.32. The minimum atomic E-state index is -0.00818. The molecule has 0 aromatic heterocycles. The zero-order valence-corrected chi connectivity index (χ0v) is 19.2. The molecule has 1 unspecified atom stereocenters. The Bertz CT molecular complexity index is 850. The zero-order valence-electron chi connectivity index (χ0n) is 17.6. The molecule has 0 fully saturated rings. The first-order valence-electron chi connectivity index (χ1n) is 10.0. The molecule has 3 rings (SSSR count). The summed E-state index contributed by atoms with van der Waals surface area (Å²) >= 11 is 3.53. The second-order valence-corrected chi connectivity index (χ2v) is 8.06. The summed E-state index contributed by atoms with van der Waals surface area (Å²) in [5, 5.41) is 0. The van der Waals surface area contributed by atoms with Gasteiger partial charge in [-0.25, -0.2) is 0 Å². The van der Waals surface area contributed by atoms with Gasteiger partial charge in [0.15, 0.2) is 11.5 Å². The van der Waals surface area contributed by atoms with Crippen LogP contribution in [-0.2, 0) is 11.2 Å². The highest BCUT2D eigenvalue weighted by atomic mass is 79.9. The molecule has 0 radical (unpaired) electrons. The van der Waals surface area contributed by atoms with Crippen LogP contribution in [-0.4, -0.2) is 56.1 Å². The van der Waals surface area contributed by atoms with Crippen LogP contribution >= 0.6 is 15.9 Å². The fourth-order valence-electron chi connectivity index (χ4n) is 4.05. The molecule has 29 heavy (non-hydrogen) atoms. The molecule has 0 aliphatic carbocycles. The summed E-state index contributed by atoms with van der Waals surface area (Å²) in [6.07, 6.45) is 0.869. The predicted molar refractivity (Wildman–Crippen MR) is 119 cm³/mol. The quantitative estimate of drug-likeness (QED) is 0.618. The van der Waals surface area contributed by atoms with Crippen LogP contribution in [0.3, 0.4) is 0 Å². The third-order valence-corrected chi connectivity index (χ3v) is 6.14. The van der Waals surface area contributed by atoms with Crippen molar-refractivity contribution >= 4 is 21.8 Å². The molecule has 0 N–H and O–H groups in total. The summed E-state index contributed by atoms with van der Waals surface area (Å²) in [4.78, 5) is 17.0. The molecule has 1 atom stereocenters. The minimum Gasteiger partial charge on any atom is -0.493 e. The van der Waals surface area contributed by atoms with Gasteiger partial charge in [-0.1, -0.05) is 28.1 Å². The summed E-state index contributed by atoms with van der Waals surface area (Å²) in [7, 11) is 3.32. The zero-order chi connectivity index (χ0) is 21.0. The van der Waals surface area contributed by atoms with Gasteiger partial charge in [0.2, 0.25) is 5.91 Å². The lowest BCUT2D eigenvalue weighted by atomic mass is 9.87. The Kier molecular flexibility index (Phi) is 7.19. The molecular formula is C23H29BrN2O3. The fraction of sp³-hybridized carbons (Fsp3) is 0.435. The Balaban J connectivity index is 2.04. The van der Waals surface area contributed by atoms with E-state index in [9.17, 15) is 4.79 Å². The van der Waals surface area contributed by atoms with Gasteiger partial charge in [0.1, 0.15) is 0 Å². The van der Waals surface area contributed by atoms with E-state index < -0.39 is 0 Å². The highest BCUT2D eigenvalue weighted by Gasteiger charge is 2.32. The second-order valence-electron chi connectivity index (χ2n) is 7.15. The van der Waals surface area contributed by atoms with Crippen molar-refractivity contribution in [2.75, 3.05) is 40.4 Å². The molecule has 1 amide bonds. The van der Waals surface area contributed by atoms with Crippen molar-refractivity contribution in [1.29, 1.82) is 0 Å². The van der Waals surface area contributed by atoms with E-state index >= 15 is 0 Å². The number of ether oxygens (including phenoxy) is 2. The molecule has 0 spiro atoms. The van der Waals surface area contributed by atoms with Crippen LogP contribution < -0.4 is 9.47 Å². The highest BCUT2D eigenvalue weighted by molar-refractivity contribution is 9.10. The maximum Gasteiger partial charge on any atom is 0.236 e. The number of amides is 1. The lowest BCUT2D eigenvalue weighted by Crippen LogP contribution is -2.44. The molecule has 6 heteroatoms. The average Bonchev–Trinajstić information content (AvgIpc) is 2.74. The van der Waals surface area contributed by atoms with E-state index in [1.165, 1.54) is 11.1 Å². The van der Waals surface area contributed by atoms with E-state index in [0.29, 0.717) is 12.3 Å². The maximum absolute atomic E-state index is 12.9. The summed E-state index contributed by atoms with van der Waals surface area (Å²) < 4.78 is 12.1. The van der Waals surface area contributed by atoms with Gasteiger partial charge in [-0.3, -0.25) is 9.69 Å². The van der Waals surface area contributed by atoms with Gasteiger partial charge in [-0.15, -0.1) is 0 Å². The number of likely N-dealkylation sites (N-methyl/N-ethyl adjacent to an activating group) is 1. The monoisotopic (exact) mass is 460 g/mol. The Morgan fingerprint density at radius 2 is 1.72 bits per heavy atom. The number of nitrogens with zero attached hydrogens (tertiary/aromatic N) is 2. The van der Waals surface area contributed by atoms with E-state index in [4.69, 9.17) is 9.47 Å². The summed E-state index contributed by atoms with van der Waals surface area (Å²) in [5.41, 5.74) is 3.57. The third-order valence-electron chi connectivity index (χ3n) is 5.61. The Morgan fingerprint density at radius 1 is 1.10 bits per heavy atom. The van der Waals surface area contributed by atoms with Gasteiger partial charge in [-0.2, -0.15) is 0 Å². The van der Waals surface area contributed by atoms with Crippen molar-refractivity contribution in [2.45, 2.75) is 26.3 Å². The SMILES string of the molecule is CCN(CC)C(=O)CN1CCc2cc(OC)c(OC)cc2C1c1ccc(Br)cc1. The molecule has 1 aliphatic rings. The van der Waals surface area contributed by atoms with Gasteiger partial charge < -0.3 is 14.4 Å². The van der Waals surface area contributed by atoms with Crippen LogP contribution in [0.5, 0.6) is 11.5 Å². The molecule has 1 heterocycles. The molecule has 1 aliphatic heterocycles. The molecular weight excluding hydrogens is 432 g/mol. The van der Waals surface area contributed by atoms with Crippen molar-refractivity contribution in [1.82, 2.24) is 9.80 Å². The molecule has 2 aromatic rings. The highest BCUT2D eigenvalue weighted by Crippen LogP contribution is 2.41. The number of rotatable bonds is 7. The van der Waals surface area contributed by atoms with Crippen molar-refractivity contribution < 1.29 is 14.3 Å². The van der Waals surface area contributed by atoms with E-state index in [-0.39, 0.29) is 11.9 Å². The van der Waals surface area contributed by atoms with Crippen molar-refractivity contribution in [3.8, 4) is 11.5 Å². The molecule has 5 nitrogen and oxygen atoms in total. The van der Waals surface area contributed by atoms with Crippen LogP contribution in [0, 0.1) is 0 Å². The first-order chi connectivity index (χ1) is 14.0.